The summed E-state index contributed by atoms with van der Waals surface area (Å²) >= 11 is 3.34. The maximum absolute atomic E-state index is 10.9. The monoisotopic (exact) mass is 340 g/mol. The van der Waals surface area contributed by atoms with Crippen molar-refractivity contribution >= 4 is 21.6 Å². The van der Waals surface area contributed by atoms with Gasteiger partial charge in [0.2, 0.25) is 0 Å². The normalized spacial score (nSPS) is 23.3. The fourth-order valence-corrected chi connectivity index (χ4v) is 3.32. The Morgan fingerprint density at radius 1 is 1.30 bits per heavy atom. The van der Waals surface area contributed by atoms with Gasteiger partial charge < -0.3 is 5.32 Å². The predicted octanol–water partition coefficient (Wildman–Crippen LogP) is 4.42. The fraction of sp³-hybridized carbons (Fsp3) is 0.600. The van der Waals surface area contributed by atoms with Crippen LogP contribution in [0.2, 0.25) is 0 Å². The van der Waals surface area contributed by atoms with E-state index in [1.165, 1.54) is 38.2 Å². The first-order valence-electron chi connectivity index (χ1n) is 7.22. The summed E-state index contributed by atoms with van der Waals surface area (Å²) in [6.07, 6.45) is 6.28. The molecule has 0 heterocycles. The van der Waals surface area contributed by atoms with Crippen LogP contribution in [0.25, 0.3) is 0 Å². The van der Waals surface area contributed by atoms with Crippen LogP contribution in [0.1, 0.15) is 44.6 Å². The Hall–Kier alpha value is -0.940. The molecule has 0 aliphatic heterocycles. The molecule has 20 heavy (non-hydrogen) atoms. The number of benzene rings is 1. The molecule has 0 amide bonds. The molecular weight excluding hydrogens is 320 g/mol. The molecule has 5 heteroatoms. The second-order valence-electron chi connectivity index (χ2n) is 5.77. The summed E-state index contributed by atoms with van der Waals surface area (Å²) in [5.41, 5.74) is 1.11. The Bertz CT molecular complexity index is 479. The third kappa shape index (κ3) is 4.56. The first-order valence-corrected chi connectivity index (χ1v) is 8.01. The lowest BCUT2D eigenvalue weighted by molar-refractivity contribution is -0.385. The van der Waals surface area contributed by atoms with Gasteiger partial charge in [-0.2, -0.15) is 0 Å². The van der Waals surface area contributed by atoms with E-state index < -0.39 is 0 Å². The highest BCUT2D eigenvalue weighted by molar-refractivity contribution is 9.10. The zero-order chi connectivity index (χ0) is 14.5. The molecule has 1 aliphatic carbocycles. The lowest BCUT2D eigenvalue weighted by Crippen LogP contribution is -2.28. The number of nitrogens with zero attached hydrogens (tertiary/aromatic N) is 1. The van der Waals surface area contributed by atoms with Crippen LogP contribution in [-0.4, -0.2) is 11.0 Å². The average Bonchev–Trinajstić information content (AvgIpc) is 2.60. The van der Waals surface area contributed by atoms with Gasteiger partial charge in [-0.25, -0.2) is 0 Å². The molecule has 0 aromatic heterocycles. The van der Waals surface area contributed by atoms with Crippen LogP contribution in [-0.2, 0) is 6.54 Å². The maximum atomic E-state index is 10.9. The SMILES string of the molecule is CC1CCCC(NCc2cc(Br)cc([N+](=O)[O-])c2)CC1. The molecule has 1 aromatic carbocycles. The summed E-state index contributed by atoms with van der Waals surface area (Å²) in [6, 6.07) is 5.67. The second-order valence-corrected chi connectivity index (χ2v) is 6.68. The summed E-state index contributed by atoms with van der Waals surface area (Å²) in [5.74, 6) is 0.828. The first-order chi connectivity index (χ1) is 9.54. The van der Waals surface area contributed by atoms with Gasteiger partial charge >= 0.3 is 0 Å². The molecule has 1 aliphatic rings. The standard InChI is InChI=1S/C15H21BrN2O2/c1-11-3-2-4-14(6-5-11)17-10-12-7-13(16)9-15(8-12)18(19)20/h7-9,11,14,17H,2-6,10H2,1H3. The van der Waals surface area contributed by atoms with Crippen molar-refractivity contribution in [2.24, 2.45) is 5.92 Å². The minimum Gasteiger partial charge on any atom is -0.310 e. The quantitative estimate of drug-likeness (QED) is 0.501. The van der Waals surface area contributed by atoms with Crippen molar-refractivity contribution in [1.82, 2.24) is 5.32 Å². The first kappa shape index (κ1) is 15.4. The fourth-order valence-electron chi connectivity index (χ4n) is 2.79. The van der Waals surface area contributed by atoms with E-state index in [4.69, 9.17) is 0 Å². The second kappa shape index (κ2) is 7.18. The number of hydrogen-bond acceptors (Lipinski definition) is 3. The number of rotatable bonds is 4. The van der Waals surface area contributed by atoms with E-state index >= 15 is 0 Å². The Labute approximate surface area is 128 Å². The summed E-state index contributed by atoms with van der Waals surface area (Å²) in [6.45, 7) is 3.01. The number of hydrogen-bond donors (Lipinski definition) is 1. The highest BCUT2D eigenvalue weighted by Crippen LogP contribution is 2.24. The highest BCUT2D eigenvalue weighted by atomic mass is 79.9. The van der Waals surface area contributed by atoms with Gasteiger partial charge in [-0.15, -0.1) is 0 Å². The highest BCUT2D eigenvalue weighted by Gasteiger charge is 2.16. The Morgan fingerprint density at radius 3 is 2.85 bits per heavy atom. The van der Waals surface area contributed by atoms with Crippen molar-refractivity contribution in [3.63, 3.8) is 0 Å². The van der Waals surface area contributed by atoms with E-state index in [0.717, 1.165) is 16.0 Å². The van der Waals surface area contributed by atoms with Crippen LogP contribution in [0.3, 0.4) is 0 Å². The lowest BCUT2D eigenvalue weighted by Gasteiger charge is -2.16. The zero-order valence-corrected chi connectivity index (χ0v) is 13.4. The van der Waals surface area contributed by atoms with Gasteiger partial charge in [0.1, 0.15) is 0 Å². The molecule has 0 spiro atoms. The summed E-state index contributed by atoms with van der Waals surface area (Å²) < 4.78 is 0.762. The van der Waals surface area contributed by atoms with Crippen LogP contribution < -0.4 is 5.32 Å². The van der Waals surface area contributed by atoms with Gasteiger partial charge in [-0.1, -0.05) is 35.7 Å². The molecule has 1 aromatic rings. The molecule has 2 rings (SSSR count). The van der Waals surface area contributed by atoms with Gasteiger partial charge in [0.15, 0.2) is 0 Å². The average molecular weight is 341 g/mol. The number of nitro groups is 1. The lowest BCUT2D eigenvalue weighted by atomic mass is 10.0. The maximum Gasteiger partial charge on any atom is 0.270 e. The van der Waals surface area contributed by atoms with E-state index in [-0.39, 0.29) is 10.6 Å². The Morgan fingerprint density at radius 2 is 2.10 bits per heavy atom. The van der Waals surface area contributed by atoms with Crippen LogP contribution in [0.15, 0.2) is 22.7 Å². The smallest absolute Gasteiger partial charge is 0.270 e. The number of nitrogens with one attached hydrogen (secondary N) is 1. The Balaban J connectivity index is 1.94. The Kier molecular flexibility index (Phi) is 5.54. The molecule has 1 fully saturated rings. The summed E-state index contributed by atoms with van der Waals surface area (Å²) in [4.78, 5) is 10.5. The molecule has 2 atom stereocenters. The molecule has 0 radical (unpaired) electrons. The van der Waals surface area contributed by atoms with Gasteiger partial charge in [0.05, 0.1) is 4.92 Å². The van der Waals surface area contributed by atoms with Gasteiger partial charge in [-0.05, 0) is 36.8 Å². The van der Waals surface area contributed by atoms with Gasteiger partial charge in [0, 0.05) is 29.2 Å². The van der Waals surface area contributed by atoms with Crippen molar-refractivity contribution in [1.29, 1.82) is 0 Å². The van der Waals surface area contributed by atoms with E-state index in [2.05, 4.69) is 28.2 Å². The molecule has 1 saturated carbocycles. The summed E-state index contributed by atoms with van der Waals surface area (Å²) in [7, 11) is 0. The summed E-state index contributed by atoms with van der Waals surface area (Å²) in [5, 5.41) is 14.4. The van der Waals surface area contributed by atoms with Crippen molar-refractivity contribution in [3.8, 4) is 0 Å². The molecule has 0 saturated heterocycles. The van der Waals surface area contributed by atoms with E-state index in [1.54, 1.807) is 6.07 Å². The zero-order valence-electron chi connectivity index (χ0n) is 11.8. The van der Waals surface area contributed by atoms with Gasteiger partial charge in [0.25, 0.3) is 5.69 Å². The van der Waals surface area contributed by atoms with Crippen molar-refractivity contribution in [2.75, 3.05) is 0 Å². The minimum atomic E-state index is -0.346. The van der Waals surface area contributed by atoms with E-state index in [1.807, 2.05) is 6.07 Å². The number of non-ortho nitro benzene ring substituents is 1. The van der Waals surface area contributed by atoms with Crippen LogP contribution in [0.5, 0.6) is 0 Å². The van der Waals surface area contributed by atoms with Gasteiger partial charge in [-0.3, -0.25) is 10.1 Å². The molecule has 0 bridgehead atoms. The third-order valence-electron chi connectivity index (χ3n) is 4.01. The van der Waals surface area contributed by atoms with Crippen molar-refractivity contribution in [3.05, 3.63) is 38.3 Å². The molecular formula is C15H21BrN2O2. The van der Waals surface area contributed by atoms with E-state index in [0.29, 0.717) is 12.6 Å². The largest absolute Gasteiger partial charge is 0.310 e. The van der Waals surface area contributed by atoms with Crippen molar-refractivity contribution in [2.45, 2.75) is 51.6 Å². The molecule has 1 N–H and O–H groups in total. The number of halogens is 1. The molecule has 110 valence electrons. The third-order valence-corrected chi connectivity index (χ3v) is 4.46. The topological polar surface area (TPSA) is 55.2 Å². The van der Waals surface area contributed by atoms with Crippen LogP contribution in [0.4, 0.5) is 5.69 Å². The van der Waals surface area contributed by atoms with Crippen LogP contribution in [0, 0.1) is 16.0 Å². The van der Waals surface area contributed by atoms with Crippen molar-refractivity contribution < 1.29 is 4.92 Å². The van der Waals surface area contributed by atoms with Crippen LogP contribution >= 0.6 is 15.9 Å². The predicted molar refractivity (Wildman–Crippen MR) is 83.7 cm³/mol. The van der Waals surface area contributed by atoms with E-state index in [9.17, 15) is 10.1 Å². The molecule has 2 unspecified atom stereocenters. The minimum absolute atomic E-state index is 0.144. The number of nitro benzene ring substituents is 1. The molecule has 4 nitrogen and oxygen atoms in total.